The molecule has 2 aromatic heterocycles. The van der Waals surface area contributed by atoms with Crippen molar-refractivity contribution in [1.82, 2.24) is 15.0 Å². The minimum Gasteiger partial charge on any atom is -0.494 e. The molecular formula is C16H14ClFN4OS. The number of rotatable bonds is 5. The van der Waals surface area contributed by atoms with Crippen LogP contribution in [0.1, 0.15) is 10.6 Å². The van der Waals surface area contributed by atoms with E-state index in [0.717, 1.165) is 10.6 Å². The molecule has 0 atom stereocenters. The number of halogens is 2. The second-order valence-corrected chi connectivity index (χ2v) is 6.42. The van der Waals surface area contributed by atoms with Crippen molar-refractivity contribution in [3.05, 3.63) is 52.1 Å². The molecule has 2 heterocycles. The average Bonchev–Trinajstić information content (AvgIpc) is 2.94. The molecule has 0 saturated heterocycles. The molecule has 0 amide bonds. The Hall–Kier alpha value is -2.25. The molecule has 0 unspecified atom stereocenters. The van der Waals surface area contributed by atoms with E-state index in [2.05, 4.69) is 15.0 Å². The van der Waals surface area contributed by atoms with Crippen LogP contribution in [0.2, 0.25) is 5.28 Å². The predicted octanol–water partition coefficient (Wildman–Crippen LogP) is 3.77. The SMILES string of the molecule is COc1cccc(-c2nc(N)sc2CCc2ccnc(Cl)n2)c1F. The lowest BCUT2D eigenvalue weighted by atomic mass is 10.1. The fraction of sp³-hybridized carbons (Fsp3) is 0.188. The van der Waals surface area contributed by atoms with Gasteiger partial charge >= 0.3 is 0 Å². The van der Waals surface area contributed by atoms with Gasteiger partial charge in [-0.05, 0) is 42.6 Å². The van der Waals surface area contributed by atoms with Crippen LogP contribution in [-0.2, 0) is 12.8 Å². The van der Waals surface area contributed by atoms with Crippen LogP contribution in [-0.4, -0.2) is 22.1 Å². The summed E-state index contributed by atoms with van der Waals surface area (Å²) in [7, 11) is 1.43. The Bertz CT molecular complexity index is 871. The number of hydrogen-bond acceptors (Lipinski definition) is 6. The van der Waals surface area contributed by atoms with Gasteiger partial charge in [0.15, 0.2) is 16.7 Å². The first-order valence-corrected chi connectivity index (χ1v) is 8.33. The van der Waals surface area contributed by atoms with Crippen LogP contribution in [0.5, 0.6) is 5.75 Å². The van der Waals surface area contributed by atoms with E-state index in [9.17, 15) is 4.39 Å². The molecule has 0 radical (unpaired) electrons. The lowest BCUT2D eigenvalue weighted by molar-refractivity contribution is 0.387. The van der Waals surface area contributed by atoms with Crippen LogP contribution >= 0.6 is 22.9 Å². The molecule has 3 rings (SSSR count). The van der Waals surface area contributed by atoms with Gasteiger partial charge in [0.25, 0.3) is 0 Å². The van der Waals surface area contributed by atoms with E-state index in [-0.39, 0.29) is 11.0 Å². The predicted molar refractivity (Wildman–Crippen MR) is 92.9 cm³/mol. The first-order valence-electron chi connectivity index (χ1n) is 7.14. The molecule has 1 aromatic carbocycles. The number of nitrogens with two attached hydrogens (primary N) is 1. The Morgan fingerprint density at radius 2 is 2.08 bits per heavy atom. The van der Waals surface area contributed by atoms with Gasteiger partial charge in [-0.1, -0.05) is 6.07 Å². The maximum atomic E-state index is 14.5. The van der Waals surface area contributed by atoms with Crippen molar-refractivity contribution in [2.45, 2.75) is 12.8 Å². The lowest BCUT2D eigenvalue weighted by Crippen LogP contribution is -1.97. The van der Waals surface area contributed by atoms with Gasteiger partial charge in [-0.2, -0.15) is 0 Å². The summed E-state index contributed by atoms with van der Waals surface area (Å²) in [6.07, 6.45) is 2.85. The Labute approximate surface area is 147 Å². The Balaban J connectivity index is 1.91. The second-order valence-electron chi connectivity index (χ2n) is 4.96. The number of nitrogens with zero attached hydrogens (tertiary/aromatic N) is 3. The fourth-order valence-electron chi connectivity index (χ4n) is 2.35. The van der Waals surface area contributed by atoms with Crippen LogP contribution in [0.3, 0.4) is 0 Å². The van der Waals surface area contributed by atoms with Crippen molar-refractivity contribution >= 4 is 28.1 Å². The highest BCUT2D eigenvalue weighted by molar-refractivity contribution is 7.15. The molecular weight excluding hydrogens is 351 g/mol. The zero-order chi connectivity index (χ0) is 17.1. The van der Waals surface area contributed by atoms with Gasteiger partial charge in [0.1, 0.15) is 0 Å². The smallest absolute Gasteiger partial charge is 0.222 e. The minimum absolute atomic E-state index is 0.174. The molecule has 0 aliphatic rings. The van der Waals surface area contributed by atoms with E-state index in [1.54, 1.807) is 30.5 Å². The molecule has 8 heteroatoms. The average molecular weight is 365 g/mol. The highest BCUT2D eigenvalue weighted by Crippen LogP contribution is 2.35. The van der Waals surface area contributed by atoms with Crippen LogP contribution in [0.4, 0.5) is 9.52 Å². The van der Waals surface area contributed by atoms with Gasteiger partial charge in [0, 0.05) is 22.3 Å². The molecule has 0 fully saturated rings. The number of thiazole rings is 1. The van der Waals surface area contributed by atoms with Gasteiger partial charge in [-0.3, -0.25) is 0 Å². The lowest BCUT2D eigenvalue weighted by Gasteiger charge is -2.07. The first-order chi connectivity index (χ1) is 11.6. The van der Waals surface area contributed by atoms with Gasteiger partial charge in [-0.25, -0.2) is 19.3 Å². The Morgan fingerprint density at radius 3 is 2.83 bits per heavy atom. The summed E-state index contributed by atoms with van der Waals surface area (Å²) in [5, 5.41) is 0.596. The molecule has 0 saturated carbocycles. The molecule has 5 nitrogen and oxygen atoms in total. The highest BCUT2D eigenvalue weighted by atomic mass is 35.5. The molecule has 3 aromatic rings. The van der Waals surface area contributed by atoms with Crippen molar-refractivity contribution in [2.75, 3.05) is 12.8 Å². The summed E-state index contributed by atoms with van der Waals surface area (Å²) in [6.45, 7) is 0. The molecule has 124 valence electrons. The number of aryl methyl sites for hydroxylation is 2. The summed E-state index contributed by atoms with van der Waals surface area (Å²) in [6, 6.07) is 6.75. The van der Waals surface area contributed by atoms with Crippen LogP contribution < -0.4 is 10.5 Å². The van der Waals surface area contributed by atoms with Crippen molar-refractivity contribution in [3.63, 3.8) is 0 Å². The summed E-state index contributed by atoms with van der Waals surface area (Å²) < 4.78 is 19.6. The maximum Gasteiger partial charge on any atom is 0.222 e. The van der Waals surface area contributed by atoms with E-state index in [0.29, 0.717) is 29.2 Å². The van der Waals surface area contributed by atoms with E-state index in [1.807, 2.05) is 0 Å². The molecule has 24 heavy (non-hydrogen) atoms. The first kappa shape index (κ1) is 16.6. The third-order valence-electron chi connectivity index (χ3n) is 3.44. The minimum atomic E-state index is -0.448. The summed E-state index contributed by atoms with van der Waals surface area (Å²) >= 11 is 7.13. The molecule has 0 bridgehead atoms. The zero-order valence-corrected chi connectivity index (χ0v) is 14.4. The summed E-state index contributed by atoms with van der Waals surface area (Å²) in [4.78, 5) is 13.2. The molecule has 2 N–H and O–H groups in total. The summed E-state index contributed by atoms with van der Waals surface area (Å²) in [5.74, 6) is -0.274. The Kier molecular flexibility index (Phi) is 4.92. The molecule has 0 aliphatic carbocycles. The number of benzene rings is 1. The highest BCUT2D eigenvalue weighted by Gasteiger charge is 2.18. The van der Waals surface area contributed by atoms with Crippen molar-refractivity contribution in [3.8, 4) is 17.0 Å². The largest absolute Gasteiger partial charge is 0.494 e. The summed E-state index contributed by atoms with van der Waals surface area (Å²) in [5.41, 5.74) is 7.55. The third kappa shape index (κ3) is 3.47. The quantitative estimate of drug-likeness (QED) is 0.697. The fourth-order valence-corrected chi connectivity index (χ4v) is 3.36. The number of nitrogen functional groups attached to an aromatic ring is 1. The zero-order valence-electron chi connectivity index (χ0n) is 12.8. The van der Waals surface area contributed by atoms with Crippen LogP contribution in [0.25, 0.3) is 11.3 Å². The maximum absolute atomic E-state index is 14.5. The van der Waals surface area contributed by atoms with Gasteiger partial charge in [0.05, 0.1) is 12.8 Å². The normalized spacial score (nSPS) is 10.8. The van der Waals surface area contributed by atoms with Gasteiger partial charge in [0.2, 0.25) is 5.28 Å². The second kappa shape index (κ2) is 7.11. The monoisotopic (exact) mass is 364 g/mol. The number of hydrogen-bond donors (Lipinski definition) is 1. The number of anilines is 1. The van der Waals surface area contributed by atoms with Crippen molar-refractivity contribution < 1.29 is 9.13 Å². The standard InChI is InChI=1S/C16H14ClFN4OS/c1-23-11-4-2-3-10(13(11)18)14-12(24-16(19)22-14)6-5-9-7-8-20-15(17)21-9/h2-4,7-8H,5-6H2,1H3,(H2,19,22). The van der Waals surface area contributed by atoms with Crippen LogP contribution in [0, 0.1) is 5.82 Å². The topological polar surface area (TPSA) is 73.9 Å². The molecule has 0 aliphatic heterocycles. The van der Waals surface area contributed by atoms with E-state index in [4.69, 9.17) is 22.1 Å². The van der Waals surface area contributed by atoms with E-state index in [1.165, 1.54) is 18.4 Å². The van der Waals surface area contributed by atoms with Crippen LogP contribution in [0.15, 0.2) is 30.5 Å². The number of ether oxygens (including phenoxy) is 1. The Morgan fingerprint density at radius 1 is 1.25 bits per heavy atom. The van der Waals surface area contributed by atoms with Crippen molar-refractivity contribution in [2.24, 2.45) is 0 Å². The van der Waals surface area contributed by atoms with E-state index < -0.39 is 5.82 Å². The van der Waals surface area contributed by atoms with Gasteiger partial charge < -0.3 is 10.5 Å². The van der Waals surface area contributed by atoms with Gasteiger partial charge in [-0.15, -0.1) is 11.3 Å². The number of aromatic nitrogens is 3. The molecule has 0 spiro atoms. The van der Waals surface area contributed by atoms with Crippen molar-refractivity contribution in [1.29, 1.82) is 0 Å². The third-order valence-corrected chi connectivity index (χ3v) is 4.57. The van der Waals surface area contributed by atoms with E-state index >= 15 is 0 Å². The number of methoxy groups -OCH3 is 1.